The van der Waals surface area contributed by atoms with Gasteiger partial charge in [-0.15, -0.1) is 11.3 Å². The molecule has 1 amide bonds. The minimum atomic E-state index is -0.994. The predicted octanol–water partition coefficient (Wildman–Crippen LogP) is 5.54. The molecule has 0 saturated carbocycles. The second-order valence-corrected chi connectivity index (χ2v) is 10.2. The second-order valence-electron chi connectivity index (χ2n) is 8.40. The zero-order chi connectivity index (χ0) is 26.9. The van der Waals surface area contributed by atoms with Crippen molar-refractivity contribution in [2.45, 2.75) is 19.8 Å². The number of nitrogens with zero attached hydrogens (tertiary/aromatic N) is 1. The Balaban J connectivity index is 1.78. The van der Waals surface area contributed by atoms with E-state index in [1.165, 1.54) is 31.2 Å². The molecule has 7 nitrogen and oxygen atoms in total. The highest BCUT2D eigenvalue weighted by molar-refractivity contribution is 7.18. The zero-order valence-corrected chi connectivity index (χ0v) is 22.1. The summed E-state index contributed by atoms with van der Waals surface area (Å²) in [5, 5.41) is 3.48. The SMILES string of the molecule is CC(=O)NCCOC(=O)C1C(C)=Nc2sc(C(=O)c3ccc(Cl)c(Cl)c3)c(N)c2C1c1ccccc1F. The molecule has 37 heavy (non-hydrogen) atoms. The van der Waals surface area contributed by atoms with Crippen LogP contribution in [0, 0.1) is 11.7 Å². The van der Waals surface area contributed by atoms with Gasteiger partial charge in [0, 0.05) is 29.7 Å². The normalized spacial score (nSPS) is 16.5. The number of ketones is 1. The summed E-state index contributed by atoms with van der Waals surface area (Å²) in [5.74, 6) is -3.71. The highest BCUT2D eigenvalue weighted by atomic mass is 35.5. The molecule has 0 saturated heterocycles. The number of fused-ring (bicyclic) bond motifs is 1. The van der Waals surface area contributed by atoms with Crippen LogP contribution in [0.4, 0.5) is 15.1 Å². The lowest BCUT2D eigenvalue weighted by Gasteiger charge is -2.30. The van der Waals surface area contributed by atoms with E-state index in [4.69, 9.17) is 33.7 Å². The Morgan fingerprint density at radius 3 is 2.57 bits per heavy atom. The summed E-state index contributed by atoms with van der Waals surface area (Å²) in [5.41, 5.74) is 7.89. The Hall–Kier alpha value is -3.27. The maximum atomic E-state index is 15.1. The van der Waals surface area contributed by atoms with E-state index in [0.717, 1.165) is 11.3 Å². The van der Waals surface area contributed by atoms with Crippen LogP contribution < -0.4 is 11.1 Å². The fraction of sp³-hybridized carbons (Fsp3) is 0.231. The van der Waals surface area contributed by atoms with Crippen LogP contribution in [0.15, 0.2) is 47.5 Å². The van der Waals surface area contributed by atoms with E-state index in [0.29, 0.717) is 21.3 Å². The summed E-state index contributed by atoms with van der Waals surface area (Å²) < 4.78 is 20.5. The molecule has 3 N–H and O–H groups in total. The number of nitrogen functional groups attached to an aromatic ring is 1. The number of hydrogen-bond donors (Lipinski definition) is 2. The Morgan fingerprint density at radius 1 is 1.16 bits per heavy atom. The molecule has 2 aromatic carbocycles. The number of halogens is 3. The van der Waals surface area contributed by atoms with Gasteiger partial charge in [-0.05, 0) is 36.8 Å². The summed E-state index contributed by atoms with van der Waals surface area (Å²) in [7, 11) is 0. The maximum absolute atomic E-state index is 15.1. The van der Waals surface area contributed by atoms with Gasteiger partial charge in [0.1, 0.15) is 28.2 Å². The van der Waals surface area contributed by atoms with Gasteiger partial charge in [-0.1, -0.05) is 41.4 Å². The van der Waals surface area contributed by atoms with Crippen molar-refractivity contribution >= 4 is 68.6 Å². The van der Waals surface area contributed by atoms with Gasteiger partial charge in [-0.2, -0.15) is 0 Å². The summed E-state index contributed by atoms with van der Waals surface area (Å²) in [6, 6.07) is 10.5. The van der Waals surface area contributed by atoms with Crippen LogP contribution in [0.5, 0.6) is 0 Å². The van der Waals surface area contributed by atoms with Crippen LogP contribution in [-0.4, -0.2) is 36.5 Å². The Labute approximate surface area is 226 Å². The van der Waals surface area contributed by atoms with Crippen molar-refractivity contribution in [3.05, 3.63) is 79.9 Å². The van der Waals surface area contributed by atoms with Crippen molar-refractivity contribution in [2.75, 3.05) is 18.9 Å². The number of amides is 1. The molecular formula is C26H22Cl2FN3O4S. The van der Waals surface area contributed by atoms with E-state index in [-0.39, 0.29) is 45.8 Å². The molecule has 11 heteroatoms. The van der Waals surface area contributed by atoms with Crippen LogP contribution >= 0.6 is 34.5 Å². The molecule has 3 aromatic rings. The molecule has 2 atom stereocenters. The van der Waals surface area contributed by atoms with Gasteiger partial charge >= 0.3 is 5.97 Å². The molecule has 192 valence electrons. The smallest absolute Gasteiger partial charge is 0.315 e. The number of thiophene rings is 1. The Bertz CT molecular complexity index is 1440. The molecule has 0 spiro atoms. The molecule has 4 rings (SSSR count). The lowest BCUT2D eigenvalue weighted by Crippen LogP contribution is -2.35. The quantitative estimate of drug-likeness (QED) is 0.223. The van der Waals surface area contributed by atoms with Gasteiger partial charge in [-0.3, -0.25) is 14.4 Å². The van der Waals surface area contributed by atoms with Gasteiger partial charge < -0.3 is 15.8 Å². The lowest BCUT2D eigenvalue weighted by atomic mass is 9.76. The van der Waals surface area contributed by atoms with E-state index in [2.05, 4.69) is 10.3 Å². The van der Waals surface area contributed by atoms with E-state index in [1.807, 2.05) is 0 Å². The molecule has 1 aromatic heterocycles. The second kappa shape index (κ2) is 11.0. The molecule has 1 aliphatic rings. The molecule has 1 aliphatic heterocycles. The first-order valence-corrected chi connectivity index (χ1v) is 12.8. The first kappa shape index (κ1) is 26.8. The minimum Gasteiger partial charge on any atom is -0.463 e. The molecule has 2 unspecified atom stereocenters. The average molecular weight is 562 g/mol. The standard InChI is InChI=1S/C26H22Cl2FN3O4S/c1-12-19(26(35)36-10-9-31-13(2)33)20(15-5-3-4-6-18(15)29)21-22(30)24(37-25(21)32-12)23(34)14-7-8-16(27)17(28)11-14/h3-8,11,19-20H,9-10,30H2,1-2H3,(H,31,33). The summed E-state index contributed by atoms with van der Waals surface area (Å²) in [6.45, 7) is 3.06. The first-order valence-electron chi connectivity index (χ1n) is 11.2. The fourth-order valence-electron chi connectivity index (χ4n) is 4.24. The number of benzene rings is 2. The van der Waals surface area contributed by atoms with E-state index in [1.54, 1.807) is 25.1 Å². The molecule has 0 bridgehead atoms. The number of anilines is 1. The number of nitrogens with one attached hydrogen (secondary N) is 1. The van der Waals surface area contributed by atoms with Gasteiger partial charge in [0.05, 0.1) is 22.3 Å². The van der Waals surface area contributed by atoms with Crippen LogP contribution in [-0.2, 0) is 14.3 Å². The summed E-state index contributed by atoms with van der Waals surface area (Å²) in [4.78, 5) is 42.5. The summed E-state index contributed by atoms with van der Waals surface area (Å²) >= 11 is 13.1. The van der Waals surface area contributed by atoms with Gasteiger partial charge in [-0.25, -0.2) is 9.38 Å². The lowest BCUT2D eigenvalue weighted by molar-refractivity contribution is -0.146. The van der Waals surface area contributed by atoms with Gasteiger partial charge in [0.15, 0.2) is 0 Å². The van der Waals surface area contributed by atoms with Crippen molar-refractivity contribution in [1.29, 1.82) is 0 Å². The third-order valence-corrected chi connectivity index (χ3v) is 7.79. The molecule has 2 heterocycles. The number of nitrogens with two attached hydrogens (primary N) is 1. The molecule has 0 radical (unpaired) electrons. The molecule has 0 fully saturated rings. The topological polar surface area (TPSA) is 111 Å². The Kier molecular flexibility index (Phi) is 7.96. The van der Waals surface area contributed by atoms with Crippen molar-refractivity contribution < 1.29 is 23.5 Å². The number of aliphatic imine (C=N–C) groups is 1. The van der Waals surface area contributed by atoms with Crippen LogP contribution in [0.25, 0.3) is 0 Å². The number of carbonyl (C=O) groups excluding carboxylic acids is 3. The van der Waals surface area contributed by atoms with Crippen LogP contribution in [0.3, 0.4) is 0 Å². The number of ether oxygens (including phenoxy) is 1. The fourth-order valence-corrected chi connectivity index (χ4v) is 5.70. The van der Waals surface area contributed by atoms with Crippen molar-refractivity contribution in [3.63, 3.8) is 0 Å². The number of rotatable bonds is 7. The highest BCUT2D eigenvalue weighted by Crippen LogP contribution is 2.52. The van der Waals surface area contributed by atoms with E-state index in [9.17, 15) is 14.4 Å². The predicted molar refractivity (Wildman–Crippen MR) is 143 cm³/mol. The monoisotopic (exact) mass is 561 g/mol. The molecular weight excluding hydrogens is 540 g/mol. The third kappa shape index (κ3) is 5.39. The minimum absolute atomic E-state index is 0.0702. The van der Waals surface area contributed by atoms with E-state index < -0.39 is 29.4 Å². The van der Waals surface area contributed by atoms with Crippen molar-refractivity contribution in [2.24, 2.45) is 10.9 Å². The summed E-state index contributed by atoms with van der Waals surface area (Å²) in [6.07, 6.45) is 0. The number of carbonyl (C=O) groups is 3. The maximum Gasteiger partial charge on any atom is 0.315 e. The molecule has 0 aliphatic carbocycles. The average Bonchev–Trinajstić information content (AvgIpc) is 3.18. The number of esters is 1. The number of hydrogen-bond acceptors (Lipinski definition) is 7. The highest BCUT2D eigenvalue weighted by Gasteiger charge is 2.43. The van der Waals surface area contributed by atoms with Crippen molar-refractivity contribution in [1.82, 2.24) is 5.32 Å². The van der Waals surface area contributed by atoms with Crippen LogP contribution in [0.1, 0.15) is 46.1 Å². The van der Waals surface area contributed by atoms with E-state index >= 15 is 4.39 Å². The Morgan fingerprint density at radius 2 is 1.89 bits per heavy atom. The first-order chi connectivity index (χ1) is 17.6. The third-order valence-electron chi connectivity index (χ3n) is 5.94. The zero-order valence-electron chi connectivity index (χ0n) is 19.8. The van der Waals surface area contributed by atoms with Gasteiger partial charge in [0.2, 0.25) is 11.7 Å². The van der Waals surface area contributed by atoms with Crippen molar-refractivity contribution in [3.8, 4) is 0 Å². The van der Waals surface area contributed by atoms with Gasteiger partial charge in [0.25, 0.3) is 0 Å². The van der Waals surface area contributed by atoms with Crippen LogP contribution in [0.2, 0.25) is 10.0 Å². The largest absolute Gasteiger partial charge is 0.463 e.